The van der Waals surface area contributed by atoms with Crippen LogP contribution in [-0.4, -0.2) is 10.2 Å². The van der Waals surface area contributed by atoms with Crippen molar-refractivity contribution < 1.29 is 10.2 Å². The first kappa shape index (κ1) is 8.73. The molecule has 0 aromatic heterocycles. The molecule has 0 fully saturated rings. The van der Waals surface area contributed by atoms with Gasteiger partial charge in [-0.15, -0.1) is 0 Å². The molecule has 1 aliphatic carbocycles. The Morgan fingerprint density at radius 3 is 2.92 bits per heavy atom. The fraction of sp³-hybridized carbons (Fsp3) is 0.455. The van der Waals surface area contributed by atoms with E-state index in [9.17, 15) is 10.2 Å². The van der Waals surface area contributed by atoms with Gasteiger partial charge in [-0.1, -0.05) is 18.2 Å². The quantitative estimate of drug-likeness (QED) is 0.687. The van der Waals surface area contributed by atoms with Gasteiger partial charge in [0.05, 0.1) is 12.2 Å². The molecule has 13 heavy (non-hydrogen) atoms. The first-order valence-corrected chi connectivity index (χ1v) is 4.67. The van der Waals surface area contributed by atoms with Crippen LogP contribution in [0.5, 0.6) is 0 Å². The minimum absolute atomic E-state index is 0.325. The van der Waals surface area contributed by atoms with Crippen LogP contribution in [0.4, 0.5) is 0 Å². The Morgan fingerprint density at radius 1 is 1.46 bits per heavy atom. The summed E-state index contributed by atoms with van der Waals surface area (Å²) in [5.74, 6) is 0. The third kappa shape index (κ3) is 1.47. The minimum atomic E-state index is -0.446. The maximum absolute atomic E-state index is 9.61. The standard InChI is InChI=1S/C11H14O2/c1-7(12)9-3-2-8-4-5-11(13)10(8)6-9/h2-3,6-7,11-13H,4-5H2,1H3. The van der Waals surface area contributed by atoms with E-state index < -0.39 is 6.10 Å². The van der Waals surface area contributed by atoms with Gasteiger partial charge in [-0.2, -0.15) is 0 Å². The summed E-state index contributed by atoms with van der Waals surface area (Å²) in [5.41, 5.74) is 3.11. The van der Waals surface area contributed by atoms with Crippen LogP contribution in [0.3, 0.4) is 0 Å². The summed E-state index contributed by atoms with van der Waals surface area (Å²) in [6.45, 7) is 1.74. The highest BCUT2D eigenvalue weighted by atomic mass is 16.3. The van der Waals surface area contributed by atoms with Crippen LogP contribution in [0.2, 0.25) is 0 Å². The molecule has 0 saturated carbocycles. The lowest BCUT2D eigenvalue weighted by molar-refractivity contribution is 0.178. The first-order valence-electron chi connectivity index (χ1n) is 4.67. The molecular formula is C11H14O2. The number of rotatable bonds is 1. The second-order valence-corrected chi connectivity index (χ2v) is 3.69. The molecule has 0 amide bonds. The van der Waals surface area contributed by atoms with E-state index in [2.05, 4.69) is 0 Å². The van der Waals surface area contributed by atoms with Gasteiger partial charge in [-0.05, 0) is 36.5 Å². The molecule has 2 nitrogen and oxygen atoms in total. The van der Waals surface area contributed by atoms with Gasteiger partial charge in [0.25, 0.3) is 0 Å². The summed E-state index contributed by atoms with van der Waals surface area (Å²) in [6.07, 6.45) is 1.00. The molecule has 0 heterocycles. The summed E-state index contributed by atoms with van der Waals surface area (Å²) in [5, 5.41) is 19.0. The van der Waals surface area contributed by atoms with Crippen molar-refractivity contribution in [1.82, 2.24) is 0 Å². The second-order valence-electron chi connectivity index (χ2n) is 3.69. The van der Waals surface area contributed by atoms with Crippen molar-refractivity contribution in [3.63, 3.8) is 0 Å². The van der Waals surface area contributed by atoms with Crippen molar-refractivity contribution in [3.05, 3.63) is 34.9 Å². The molecule has 2 unspecified atom stereocenters. The average molecular weight is 178 g/mol. The molecule has 1 aliphatic rings. The SMILES string of the molecule is CC(O)c1ccc2c(c1)C(O)CC2. The van der Waals surface area contributed by atoms with Crippen LogP contribution in [0.15, 0.2) is 18.2 Å². The summed E-state index contributed by atoms with van der Waals surface area (Å²) >= 11 is 0. The molecule has 1 aromatic carbocycles. The van der Waals surface area contributed by atoms with Gasteiger partial charge in [0.1, 0.15) is 0 Å². The highest BCUT2D eigenvalue weighted by molar-refractivity contribution is 5.37. The van der Waals surface area contributed by atoms with Crippen molar-refractivity contribution >= 4 is 0 Å². The lowest BCUT2D eigenvalue weighted by Gasteiger charge is -2.09. The number of fused-ring (bicyclic) bond motifs is 1. The van der Waals surface area contributed by atoms with Gasteiger partial charge in [0.15, 0.2) is 0 Å². The van der Waals surface area contributed by atoms with E-state index >= 15 is 0 Å². The molecule has 0 spiro atoms. The first-order chi connectivity index (χ1) is 6.18. The van der Waals surface area contributed by atoms with Gasteiger partial charge in [-0.25, -0.2) is 0 Å². The molecule has 2 heteroatoms. The van der Waals surface area contributed by atoms with Crippen LogP contribution in [0, 0.1) is 0 Å². The smallest absolute Gasteiger partial charge is 0.0796 e. The Labute approximate surface area is 77.8 Å². The Balaban J connectivity index is 2.42. The Bertz CT molecular complexity index is 318. The maximum Gasteiger partial charge on any atom is 0.0796 e. The Morgan fingerprint density at radius 2 is 2.23 bits per heavy atom. The van der Waals surface area contributed by atoms with Crippen LogP contribution in [-0.2, 0) is 6.42 Å². The molecular weight excluding hydrogens is 164 g/mol. The number of hydrogen-bond acceptors (Lipinski definition) is 2. The summed E-state index contributed by atoms with van der Waals surface area (Å²) in [4.78, 5) is 0. The van der Waals surface area contributed by atoms with Crippen LogP contribution < -0.4 is 0 Å². The van der Waals surface area contributed by atoms with E-state index in [4.69, 9.17) is 0 Å². The average Bonchev–Trinajstić information content (AvgIpc) is 2.47. The van der Waals surface area contributed by atoms with Crippen molar-refractivity contribution in [2.75, 3.05) is 0 Å². The largest absolute Gasteiger partial charge is 0.389 e. The molecule has 2 atom stereocenters. The van der Waals surface area contributed by atoms with E-state index in [1.165, 1.54) is 5.56 Å². The lowest BCUT2D eigenvalue weighted by Crippen LogP contribution is -1.95. The van der Waals surface area contributed by atoms with E-state index in [-0.39, 0.29) is 6.10 Å². The highest BCUT2D eigenvalue weighted by Gasteiger charge is 2.20. The topological polar surface area (TPSA) is 40.5 Å². The fourth-order valence-electron chi connectivity index (χ4n) is 1.86. The lowest BCUT2D eigenvalue weighted by atomic mass is 10.0. The summed E-state index contributed by atoms with van der Waals surface area (Å²) in [7, 11) is 0. The van der Waals surface area contributed by atoms with Crippen molar-refractivity contribution in [2.45, 2.75) is 32.0 Å². The van der Waals surface area contributed by atoms with E-state index in [0.29, 0.717) is 0 Å². The van der Waals surface area contributed by atoms with Crippen LogP contribution in [0.1, 0.15) is 42.2 Å². The molecule has 0 radical (unpaired) electrons. The van der Waals surface area contributed by atoms with Crippen molar-refractivity contribution in [3.8, 4) is 0 Å². The molecule has 1 aromatic rings. The van der Waals surface area contributed by atoms with Gasteiger partial charge < -0.3 is 10.2 Å². The Hall–Kier alpha value is -0.860. The van der Waals surface area contributed by atoms with Crippen molar-refractivity contribution in [2.24, 2.45) is 0 Å². The maximum atomic E-state index is 9.61. The monoisotopic (exact) mass is 178 g/mol. The van der Waals surface area contributed by atoms with Crippen LogP contribution >= 0.6 is 0 Å². The van der Waals surface area contributed by atoms with Gasteiger partial charge in [0, 0.05) is 0 Å². The normalized spacial score (nSPS) is 22.8. The predicted octanol–water partition coefficient (Wildman–Crippen LogP) is 1.72. The zero-order chi connectivity index (χ0) is 9.42. The minimum Gasteiger partial charge on any atom is -0.389 e. The molecule has 2 N–H and O–H groups in total. The van der Waals surface area contributed by atoms with E-state index in [0.717, 1.165) is 24.0 Å². The van der Waals surface area contributed by atoms with Gasteiger partial charge in [-0.3, -0.25) is 0 Å². The zero-order valence-electron chi connectivity index (χ0n) is 7.70. The number of aliphatic hydroxyl groups excluding tert-OH is 2. The highest BCUT2D eigenvalue weighted by Crippen LogP contribution is 2.32. The predicted molar refractivity (Wildman–Crippen MR) is 50.4 cm³/mol. The fourth-order valence-corrected chi connectivity index (χ4v) is 1.86. The number of aliphatic hydroxyl groups is 2. The third-order valence-corrected chi connectivity index (χ3v) is 2.70. The summed E-state index contributed by atoms with van der Waals surface area (Å²) in [6, 6.07) is 5.85. The van der Waals surface area contributed by atoms with Gasteiger partial charge in [0.2, 0.25) is 0 Å². The number of hydrogen-bond donors (Lipinski definition) is 2. The van der Waals surface area contributed by atoms with Crippen molar-refractivity contribution in [1.29, 1.82) is 0 Å². The van der Waals surface area contributed by atoms with Crippen LogP contribution in [0.25, 0.3) is 0 Å². The molecule has 0 aliphatic heterocycles. The van der Waals surface area contributed by atoms with E-state index in [1.807, 2.05) is 18.2 Å². The van der Waals surface area contributed by atoms with E-state index in [1.54, 1.807) is 6.92 Å². The Kier molecular flexibility index (Phi) is 2.10. The molecule has 2 rings (SSSR count). The number of benzene rings is 1. The third-order valence-electron chi connectivity index (χ3n) is 2.70. The summed E-state index contributed by atoms with van der Waals surface area (Å²) < 4.78 is 0. The second kappa shape index (κ2) is 3.13. The van der Waals surface area contributed by atoms with Gasteiger partial charge >= 0.3 is 0 Å². The molecule has 0 bridgehead atoms. The zero-order valence-corrected chi connectivity index (χ0v) is 7.70. The number of aryl methyl sites for hydroxylation is 1. The molecule has 70 valence electrons. The molecule has 0 saturated heterocycles.